The molecule has 0 bridgehead atoms. The average Bonchev–Trinajstić information content (AvgIpc) is 2.47. The minimum absolute atomic E-state index is 0. The number of carbonyl (C=O) groups is 3. The van der Waals surface area contributed by atoms with Gasteiger partial charge in [-0.1, -0.05) is 30.3 Å². The maximum atomic E-state index is 12.1. The molecule has 0 aliphatic rings. The summed E-state index contributed by atoms with van der Waals surface area (Å²) in [5.41, 5.74) is 0.201. The Hall–Kier alpha value is -2.54. The Bertz CT molecular complexity index is 715. The van der Waals surface area contributed by atoms with Crippen molar-refractivity contribution < 1.29 is 46.1 Å². The second-order valence-corrected chi connectivity index (χ2v) is 4.33. The van der Waals surface area contributed by atoms with Crippen LogP contribution in [0.4, 0.5) is 0 Å². The highest BCUT2D eigenvalue weighted by Crippen LogP contribution is 2.03. The minimum atomic E-state index is -1.23. The second kappa shape index (κ2) is 7.46. The van der Waals surface area contributed by atoms with Crippen LogP contribution in [0.3, 0.4) is 0 Å². The molecule has 1 aromatic heterocycles. The fourth-order valence-electron chi connectivity index (χ4n) is 1.87. The Balaban J connectivity index is 0.00000242. The van der Waals surface area contributed by atoms with Crippen molar-refractivity contribution in [2.24, 2.45) is 0 Å². The molecule has 0 spiro atoms. The normalized spacial score (nSPS) is 9.64. The molecular weight excluding hydrogens is 354 g/mol. The van der Waals surface area contributed by atoms with Crippen LogP contribution in [0.25, 0.3) is 0 Å². The van der Waals surface area contributed by atoms with E-state index in [9.17, 15) is 14.4 Å². The van der Waals surface area contributed by atoms with Gasteiger partial charge in [-0.05, 0) is 6.07 Å². The van der Waals surface area contributed by atoms with Crippen molar-refractivity contribution >= 4 is 17.7 Å². The molecule has 0 saturated heterocycles. The van der Waals surface area contributed by atoms with Crippen molar-refractivity contribution in [1.29, 1.82) is 0 Å². The van der Waals surface area contributed by atoms with E-state index in [0.29, 0.717) is 5.56 Å². The van der Waals surface area contributed by atoms with Crippen LogP contribution >= 0.6 is 0 Å². The summed E-state index contributed by atoms with van der Waals surface area (Å²) in [7, 11) is 0. The molecular formula is C15H12BrNO5. The Morgan fingerprint density at radius 1 is 0.864 bits per heavy atom. The van der Waals surface area contributed by atoms with Gasteiger partial charge in [0.05, 0.1) is 0 Å². The van der Waals surface area contributed by atoms with E-state index >= 15 is 0 Å². The molecule has 0 atom stereocenters. The topological polar surface area (TPSA) is 95.5 Å². The summed E-state index contributed by atoms with van der Waals surface area (Å²) >= 11 is 0. The number of carboxylic acids is 2. The van der Waals surface area contributed by atoms with Gasteiger partial charge in [0.2, 0.25) is 12.3 Å². The van der Waals surface area contributed by atoms with Crippen LogP contribution in [0.5, 0.6) is 0 Å². The number of hydrogen-bond acceptors (Lipinski definition) is 3. The van der Waals surface area contributed by atoms with Crippen LogP contribution in [0, 0.1) is 0 Å². The molecule has 0 radical (unpaired) electrons. The fourth-order valence-corrected chi connectivity index (χ4v) is 1.87. The maximum absolute atomic E-state index is 12.1. The zero-order valence-electron chi connectivity index (χ0n) is 11.3. The summed E-state index contributed by atoms with van der Waals surface area (Å²) in [6, 6.07) is 10.7. The quantitative estimate of drug-likeness (QED) is 0.484. The minimum Gasteiger partial charge on any atom is -1.00 e. The second-order valence-electron chi connectivity index (χ2n) is 4.33. The molecule has 2 N–H and O–H groups in total. The van der Waals surface area contributed by atoms with Crippen molar-refractivity contribution in [1.82, 2.24) is 0 Å². The molecule has 1 heterocycles. The highest BCUT2D eigenvalue weighted by Gasteiger charge is 2.23. The maximum Gasteiger partial charge on any atom is 0.401 e. The summed E-state index contributed by atoms with van der Waals surface area (Å²) in [5.74, 6) is -2.72. The lowest BCUT2D eigenvalue weighted by molar-refractivity contribution is -0.685. The Morgan fingerprint density at radius 2 is 1.50 bits per heavy atom. The molecule has 22 heavy (non-hydrogen) atoms. The average molecular weight is 366 g/mol. The molecule has 2 rings (SSSR count). The first-order valence-corrected chi connectivity index (χ1v) is 6.07. The Labute approximate surface area is 136 Å². The van der Waals surface area contributed by atoms with Gasteiger partial charge in [-0.15, -0.1) is 0 Å². The summed E-state index contributed by atoms with van der Waals surface area (Å²) < 4.78 is 1.13. The van der Waals surface area contributed by atoms with E-state index in [2.05, 4.69) is 0 Å². The van der Waals surface area contributed by atoms with E-state index < -0.39 is 11.9 Å². The highest BCUT2D eigenvalue weighted by molar-refractivity contribution is 5.95. The van der Waals surface area contributed by atoms with Crippen LogP contribution in [-0.2, 0) is 6.54 Å². The van der Waals surface area contributed by atoms with Gasteiger partial charge in [0.1, 0.15) is 5.56 Å². The molecule has 1 aromatic carbocycles. The number of halogens is 1. The summed E-state index contributed by atoms with van der Waals surface area (Å²) in [6.45, 7) is -0.243. The van der Waals surface area contributed by atoms with Gasteiger partial charge in [-0.3, -0.25) is 4.79 Å². The molecule has 0 aliphatic heterocycles. The summed E-state index contributed by atoms with van der Waals surface area (Å²) in [5, 5.41) is 18.0. The van der Waals surface area contributed by atoms with Gasteiger partial charge in [-0.25, -0.2) is 9.59 Å². The number of Topliss-reactive ketones (excluding diaryl/α,β-unsaturated/α-hetero) is 1. The number of carbonyl (C=O) groups excluding carboxylic acids is 1. The molecule has 0 aliphatic carbocycles. The lowest BCUT2D eigenvalue weighted by atomic mass is 10.1. The number of aromatic nitrogens is 1. The molecule has 0 amide bonds. The number of aromatic carboxylic acids is 2. The van der Waals surface area contributed by atoms with E-state index in [1.54, 1.807) is 30.3 Å². The number of ketones is 1. The Kier molecular flexibility index (Phi) is 5.94. The predicted molar refractivity (Wildman–Crippen MR) is 71.3 cm³/mol. The van der Waals surface area contributed by atoms with Crippen LogP contribution in [-0.4, -0.2) is 27.9 Å². The van der Waals surface area contributed by atoms with Gasteiger partial charge >= 0.3 is 11.9 Å². The fraction of sp³-hybridized carbons (Fsp3) is 0.0667. The van der Waals surface area contributed by atoms with Crippen LogP contribution in [0.15, 0.2) is 48.7 Å². The smallest absolute Gasteiger partial charge is 0.401 e. The molecule has 2 aromatic rings. The van der Waals surface area contributed by atoms with Crippen molar-refractivity contribution in [2.45, 2.75) is 6.54 Å². The van der Waals surface area contributed by atoms with Crippen molar-refractivity contribution in [3.8, 4) is 0 Å². The van der Waals surface area contributed by atoms with Gasteiger partial charge in [-0.2, -0.15) is 4.57 Å². The number of pyridine rings is 1. The standard InChI is InChI=1S/C15H11NO5.BrH/c17-13(10-4-2-1-3-5-10)9-16-8-11(14(18)19)6-7-12(16)15(20)21;/h1-8H,9H2,(H-,18,19,20,21);1H. The van der Waals surface area contributed by atoms with Crippen molar-refractivity contribution in [2.75, 3.05) is 0 Å². The van der Waals surface area contributed by atoms with Crippen molar-refractivity contribution in [3.63, 3.8) is 0 Å². The van der Waals surface area contributed by atoms with Crippen LogP contribution < -0.4 is 21.5 Å². The number of nitrogens with zero attached hydrogens (tertiary/aromatic N) is 1. The van der Waals surface area contributed by atoms with E-state index in [4.69, 9.17) is 10.2 Å². The lowest BCUT2D eigenvalue weighted by Crippen LogP contribution is -3.00. The molecule has 7 heteroatoms. The number of benzene rings is 1. The van der Waals surface area contributed by atoms with Crippen molar-refractivity contribution in [3.05, 3.63) is 65.5 Å². The molecule has 114 valence electrons. The SMILES string of the molecule is O=C(O)c1ccc(C(=O)O)[n+](CC(=O)c2ccccc2)c1.[Br-]. The van der Waals surface area contributed by atoms with Crippen LogP contribution in [0.2, 0.25) is 0 Å². The first-order valence-electron chi connectivity index (χ1n) is 6.07. The third kappa shape index (κ3) is 3.98. The Morgan fingerprint density at radius 3 is 2.05 bits per heavy atom. The van der Waals surface area contributed by atoms with Gasteiger partial charge in [0.15, 0.2) is 6.20 Å². The number of rotatable bonds is 5. The monoisotopic (exact) mass is 365 g/mol. The molecule has 0 saturated carbocycles. The predicted octanol–water partition coefficient (Wildman–Crippen LogP) is -1.74. The number of hydrogen-bond donors (Lipinski definition) is 2. The summed E-state index contributed by atoms with van der Waals surface area (Å²) in [4.78, 5) is 34.2. The largest absolute Gasteiger partial charge is 1.00 e. The highest BCUT2D eigenvalue weighted by atomic mass is 79.9. The van der Waals surface area contributed by atoms with Crippen LogP contribution in [0.1, 0.15) is 31.2 Å². The first kappa shape index (κ1) is 17.5. The van der Waals surface area contributed by atoms with E-state index in [1.807, 2.05) is 0 Å². The lowest BCUT2D eigenvalue weighted by Gasteiger charge is -2.02. The first-order chi connectivity index (χ1) is 9.99. The zero-order valence-corrected chi connectivity index (χ0v) is 12.9. The van der Waals surface area contributed by atoms with Gasteiger partial charge in [0, 0.05) is 11.6 Å². The van der Waals surface area contributed by atoms with E-state index in [0.717, 1.165) is 10.8 Å². The van der Waals surface area contributed by atoms with E-state index in [-0.39, 0.29) is 40.6 Å². The molecule has 6 nitrogen and oxygen atoms in total. The van der Waals surface area contributed by atoms with Gasteiger partial charge in [0.25, 0.3) is 5.69 Å². The molecule has 0 fully saturated rings. The van der Waals surface area contributed by atoms with Gasteiger partial charge < -0.3 is 27.2 Å². The molecule has 0 unspecified atom stereocenters. The third-order valence-electron chi connectivity index (χ3n) is 2.90. The zero-order chi connectivity index (χ0) is 15.4. The number of carboxylic acid groups (broad SMARTS) is 2. The summed E-state index contributed by atoms with van der Waals surface area (Å²) in [6.07, 6.45) is 1.15. The van der Waals surface area contributed by atoms with E-state index in [1.165, 1.54) is 12.1 Å². The third-order valence-corrected chi connectivity index (χ3v) is 2.90.